The summed E-state index contributed by atoms with van der Waals surface area (Å²) >= 11 is 1.61. The highest BCUT2D eigenvalue weighted by atomic mass is 32.2. The van der Waals surface area contributed by atoms with Crippen LogP contribution >= 0.6 is 11.8 Å². The number of thioether (sulfide) groups is 1. The van der Waals surface area contributed by atoms with Crippen LogP contribution in [0.3, 0.4) is 0 Å². The summed E-state index contributed by atoms with van der Waals surface area (Å²) in [4.78, 5) is 4.28. The van der Waals surface area contributed by atoms with Crippen molar-refractivity contribution in [1.82, 2.24) is 25.2 Å². The van der Waals surface area contributed by atoms with Gasteiger partial charge in [0.15, 0.2) is 0 Å². The molecule has 0 atom stereocenters. The van der Waals surface area contributed by atoms with E-state index in [1.807, 2.05) is 16.8 Å². The van der Waals surface area contributed by atoms with E-state index in [-0.39, 0.29) is 0 Å². The fourth-order valence-electron chi connectivity index (χ4n) is 2.38. The van der Waals surface area contributed by atoms with E-state index in [0.29, 0.717) is 11.9 Å². The van der Waals surface area contributed by atoms with Gasteiger partial charge in [0.05, 0.1) is 11.7 Å². The lowest BCUT2D eigenvalue weighted by atomic mass is 10.3. The monoisotopic (exact) mass is 276 g/mol. The van der Waals surface area contributed by atoms with E-state index in [0.717, 1.165) is 16.6 Å². The summed E-state index contributed by atoms with van der Waals surface area (Å²) in [6.45, 7) is 0. The van der Waals surface area contributed by atoms with E-state index in [2.05, 4.69) is 20.5 Å². The molecule has 1 fully saturated rings. The second-order valence-electron chi connectivity index (χ2n) is 4.69. The molecular weight excluding hydrogens is 260 g/mol. The van der Waals surface area contributed by atoms with Crippen molar-refractivity contribution in [3.63, 3.8) is 0 Å². The molecule has 2 heterocycles. The molecule has 0 bridgehead atoms. The summed E-state index contributed by atoms with van der Waals surface area (Å²) in [6, 6.07) is 6.13. The van der Waals surface area contributed by atoms with Gasteiger partial charge in [-0.2, -0.15) is 0 Å². The first-order chi connectivity index (χ1) is 9.33. The first kappa shape index (κ1) is 12.4. The summed E-state index contributed by atoms with van der Waals surface area (Å²) in [7, 11) is 0. The fourth-order valence-corrected chi connectivity index (χ4v) is 3.23. The molecular formula is C12H16N6S. The number of anilines is 1. The van der Waals surface area contributed by atoms with Crippen LogP contribution in [-0.4, -0.2) is 25.2 Å². The van der Waals surface area contributed by atoms with Gasteiger partial charge in [-0.3, -0.25) is 0 Å². The Hall–Kier alpha value is -1.63. The zero-order valence-electron chi connectivity index (χ0n) is 10.6. The van der Waals surface area contributed by atoms with Crippen molar-refractivity contribution in [2.75, 3.05) is 5.73 Å². The third kappa shape index (κ3) is 2.86. The topological polar surface area (TPSA) is 82.5 Å². The van der Waals surface area contributed by atoms with Crippen LogP contribution < -0.4 is 5.73 Å². The van der Waals surface area contributed by atoms with Crippen LogP contribution in [0.5, 0.6) is 0 Å². The van der Waals surface area contributed by atoms with Gasteiger partial charge in [0, 0.05) is 5.75 Å². The zero-order valence-corrected chi connectivity index (χ0v) is 11.4. The van der Waals surface area contributed by atoms with Gasteiger partial charge in [0.1, 0.15) is 5.82 Å². The highest BCUT2D eigenvalue weighted by Crippen LogP contribution is 2.32. The smallest absolute Gasteiger partial charge is 0.209 e. The minimum Gasteiger partial charge on any atom is -0.384 e. The van der Waals surface area contributed by atoms with Gasteiger partial charge >= 0.3 is 0 Å². The molecule has 0 amide bonds. The fraction of sp³-hybridized carbons (Fsp3) is 0.500. The normalized spacial score (nSPS) is 16.0. The molecule has 0 aromatic carbocycles. The lowest BCUT2D eigenvalue weighted by Crippen LogP contribution is -2.08. The minimum atomic E-state index is 0.464. The number of nitrogens with two attached hydrogens (primary N) is 1. The maximum atomic E-state index is 5.67. The van der Waals surface area contributed by atoms with Crippen LogP contribution in [0.15, 0.2) is 23.4 Å². The molecule has 19 heavy (non-hydrogen) atoms. The predicted molar refractivity (Wildman–Crippen MR) is 73.5 cm³/mol. The van der Waals surface area contributed by atoms with Crippen molar-refractivity contribution >= 4 is 17.6 Å². The molecule has 0 radical (unpaired) electrons. The Morgan fingerprint density at radius 3 is 2.95 bits per heavy atom. The second-order valence-corrected chi connectivity index (χ2v) is 5.63. The average molecular weight is 276 g/mol. The number of hydrogen-bond acceptors (Lipinski definition) is 6. The molecule has 2 aromatic heterocycles. The first-order valence-corrected chi connectivity index (χ1v) is 7.43. The Balaban J connectivity index is 1.68. The molecule has 0 aliphatic heterocycles. The van der Waals surface area contributed by atoms with Gasteiger partial charge in [0.2, 0.25) is 5.16 Å². The van der Waals surface area contributed by atoms with E-state index in [9.17, 15) is 0 Å². The Morgan fingerprint density at radius 1 is 1.32 bits per heavy atom. The molecule has 1 aliphatic rings. The van der Waals surface area contributed by atoms with E-state index < -0.39 is 0 Å². The van der Waals surface area contributed by atoms with Crippen LogP contribution in [0.2, 0.25) is 0 Å². The summed E-state index contributed by atoms with van der Waals surface area (Å²) < 4.78 is 1.96. The molecule has 7 heteroatoms. The van der Waals surface area contributed by atoms with Crippen LogP contribution in [0.25, 0.3) is 0 Å². The van der Waals surface area contributed by atoms with Gasteiger partial charge in [-0.25, -0.2) is 9.67 Å². The number of hydrogen-bond donors (Lipinski definition) is 1. The Bertz CT molecular complexity index is 549. The summed E-state index contributed by atoms with van der Waals surface area (Å²) in [6.07, 6.45) is 4.89. The number of tetrazole rings is 1. The molecule has 2 aromatic rings. The minimum absolute atomic E-state index is 0.464. The molecule has 0 spiro atoms. The van der Waals surface area contributed by atoms with Crippen molar-refractivity contribution in [1.29, 1.82) is 0 Å². The summed E-state index contributed by atoms with van der Waals surface area (Å²) in [5.41, 5.74) is 6.62. The van der Waals surface area contributed by atoms with Crippen molar-refractivity contribution in [3.8, 4) is 0 Å². The maximum absolute atomic E-state index is 5.67. The van der Waals surface area contributed by atoms with E-state index >= 15 is 0 Å². The quantitative estimate of drug-likeness (QED) is 0.861. The van der Waals surface area contributed by atoms with Gasteiger partial charge in [-0.05, 0) is 35.4 Å². The van der Waals surface area contributed by atoms with Gasteiger partial charge in [0.25, 0.3) is 0 Å². The molecule has 3 rings (SSSR count). The Kier molecular flexibility index (Phi) is 3.63. The first-order valence-electron chi connectivity index (χ1n) is 6.45. The van der Waals surface area contributed by atoms with Crippen LogP contribution in [0, 0.1) is 0 Å². The summed E-state index contributed by atoms with van der Waals surface area (Å²) in [5.74, 6) is 1.28. The zero-order chi connectivity index (χ0) is 13.1. The van der Waals surface area contributed by atoms with Crippen molar-refractivity contribution in [3.05, 3.63) is 23.9 Å². The lowest BCUT2D eigenvalue weighted by molar-refractivity contribution is 0.423. The van der Waals surface area contributed by atoms with Crippen LogP contribution in [-0.2, 0) is 5.75 Å². The standard InChI is InChI=1S/C12H16N6S/c13-11-7-3-4-9(14-11)8-19-12-15-16-17-18(12)10-5-1-2-6-10/h3-4,7,10H,1-2,5-6,8H2,(H2,13,14). The molecule has 0 unspecified atom stereocenters. The maximum Gasteiger partial charge on any atom is 0.209 e. The SMILES string of the molecule is Nc1cccc(CSc2nnnn2C2CCCC2)n1. The molecule has 1 aliphatic carbocycles. The Morgan fingerprint density at radius 2 is 2.16 bits per heavy atom. The number of nitrogen functional groups attached to an aromatic ring is 1. The lowest BCUT2D eigenvalue weighted by Gasteiger charge is -2.10. The third-order valence-corrected chi connectivity index (χ3v) is 4.28. The van der Waals surface area contributed by atoms with Crippen molar-refractivity contribution in [2.45, 2.75) is 42.6 Å². The average Bonchev–Trinajstić information content (AvgIpc) is 3.07. The van der Waals surface area contributed by atoms with Gasteiger partial charge in [-0.15, -0.1) is 5.10 Å². The molecule has 0 saturated heterocycles. The third-order valence-electron chi connectivity index (χ3n) is 3.31. The summed E-state index contributed by atoms with van der Waals surface area (Å²) in [5, 5.41) is 12.9. The largest absolute Gasteiger partial charge is 0.384 e. The van der Waals surface area contributed by atoms with Crippen LogP contribution in [0.1, 0.15) is 37.4 Å². The number of aromatic nitrogens is 5. The number of pyridine rings is 1. The number of rotatable bonds is 4. The highest BCUT2D eigenvalue weighted by Gasteiger charge is 2.21. The highest BCUT2D eigenvalue weighted by molar-refractivity contribution is 7.98. The van der Waals surface area contributed by atoms with Crippen molar-refractivity contribution < 1.29 is 0 Å². The molecule has 6 nitrogen and oxygen atoms in total. The Labute approximate surface area is 115 Å². The molecule has 1 saturated carbocycles. The van der Waals surface area contributed by atoms with Crippen molar-refractivity contribution in [2.24, 2.45) is 0 Å². The van der Waals surface area contributed by atoms with Gasteiger partial charge in [-0.1, -0.05) is 30.7 Å². The van der Waals surface area contributed by atoms with E-state index in [4.69, 9.17) is 5.73 Å². The molecule has 100 valence electrons. The van der Waals surface area contributed by atoms with E-state index in [1.165, 1.54) is 25.7 Å². The van der Waals surface area contributed by atoms with Crippen LogP contribution in [0.4, 0.5) is 5.82 Å². The number of nitrogens with zero attached hydrogens (tertiary/aromatic N) is 5. The molecule has 2 N–H and O–H groups in total. The second kappa shape index (κ2) is 5.56. The van der Waals surface area contributed by atoms with E-state index in [1.54, 1.807) is 17.8 Å². The van der Waals surface area contributed by atoms with Gasteiger partial charge < -0.3 is 5.73 Å². The predicted octanol–water partition coefficient (Wildman–Crippen LogP) is 2.06.